The van der Waals surface area contributed by atoms with Gasteiger partial charge in [-0.1, -0.05) is 13.8 Å². The van der Waals surface area contributed by atoms with Crippen LogP contribution in [0.2, 0.25) is 0 Å². The van der Waals surface area contributed by atoms with E-state index in [2.05, 4.69) is 18.7 Å². The second-order valence-electron chi connectivity index (χ2n) is 4.96. The number of nitrogens with zero attached hydrogens (tertiary/aromatic N) is 1. The second kappa shape index (κ2) is 6.46. The number of nitrogens with two attached hydrogens (primary N) is 1. The van der Waals surface area contributed by atoms with Gasteiger partial charge in [0.15, 0.2) is 0 Å². The van der Waals surface area contributed by atoms with Gasteiger partial charge in [-0.3, -0.25) is 4.90 Å². The molecule has 1 fully saturated rings. The molecule has 1 atom stereocenters. The van der Waals surface area contributed by atoms with E-state index in [9.17, 15) is 0 Å². The molecule has 1 saturated carbocycles. The van der Waals surface area contributed by atoms with Crippen LogP contribution in [0.4, 0.5) is 0 Å². The third-order valence-electron chi connectivity index (χ3n) is 3.25. The van der Waals surface area contributed by atoms with E-state index >= 15 is 0 Å². The standard InChI is InChI=1S/C12H26N2O/c1-10(2)12(13)6-7-14(8-9-15-3)11-4-5-11/h10-12H,4-9,13H2,1-3H3. The van der Waals surface area contributed by atoms with Gasteiger partial charge < -0.3 is 10.5 Å². The summed E-state index contributed by atoms with van der Waals surface area (Å²) in [6.45, 7) is 7.43. The van der Waals surface area contributed by atoms with Crippen molar-refractivity contribution in [3.63, 3.8) is 0 Å². The van der Waals surface area contributed by atoms with Crippen LogP contribution < -0.4 is 5.73 Å². The minimum Gasteiger partial charge on any atom is -0.383 e. The lowest BCUT2D eigenvalue weighted by molar-refractivity contribution is 0.140. The average molecular weight is 214 g/mol. The van der Waals surface area contributed by atoms with E-state index in [1.807, 2.05) is 0 Å². The lowest BCUT2D eigenvalue weighted by Crippen LogP contribution is -2.36. The highest BCUT2D eigenvalue weighted by molar-refractivity contribution is 4.85. The Balaban J connectivity index is 2.19. The summed E-state index contributed by atoms with van der Waals surface area (Å²) in [7, 11) is 1.77. The maximum absolute atomic E-state index is 6.06. The van der Waals surface area contributed by atoms with E-state index < -0.39 is 0 Å². The minimum atomic E-state index is 0.341. The summed E-state index contributed by atoms with van der Waals surface area (Å²) < 4.78 is 5.13. The van der Waals surface area contributed by atoms with Gasteiger partial charge in [0.2, 0.25) is 0 Å². The summed E-state index contributed by atoms with van der Waals surface area (Å²) in [4.78, 5) is 2.53. The Morgan fingerprint density at radius 3 is 2.47 bits per heavy atom. The van der Waals surface area contributed by atoms with E-state index in [1.54, 1.807) is 7.11 Å². The molecule has 1 rings (SSSR count). The number of hydrogen-bond acceptors (Lipinski definition) is 3. The smallest absolute Gasteiger partial charge is 0.0589 e. The molecular weight excluding hydrogens is 188 g/mol. The molecule has 0 aliphatic heterocycles. The number of hydrogen-bond donors (Lipinski definition) is 1. The zero-order valence-corrected chi connectivity index (χ0v) is 10.4. The van der Waals surface area contributed by atoms with Gasteiger partial charge in [0.05, 0.1) is 6.61 Å². The van der Waals surface area contributed by atoms with Crippen LogP contribution in [0.15, 0.2) is 0 Å². The predicted octanol–water partition coefficient (Wildman–Crippen LogP) is 1.47. The van der Waals surface area contributed by atoms with Crippen LogP contribution in [-0.4, -0.2) is 43.8 Å². The maximum Gasteiger partial charge on any atom is 0.0589 e. The molecule has 0 aromatic rings. The zero-order chi connectivity index (χ0) is 11.3. The van der Waals surface area contributed by atoms with Crippen molar-refractivity contribution in [3.05, 3.63) is 0 Å². The molecule has 0 saturated heterocycles. The first-order valence-electron chi connectivity index (χ1n) is 6.13. The van der Waals surface area contributed by atoms with Gasteiger partial charge in [0.25, 0.3) is 0 Å². The number of ether oxygens (including phenoxy) is 1. The second-order valence-corrected chi connectivity index (χ2v) is 4.96. The Bertz CT molecular complexity index is 169. The third kappa shape index (κ3) is 4.96. The average Bonchev–Trinajstić information content (AvgIpc) is 3.01. The fraction of sp³-hybridized carbons (Fsp3) is 1.00. The first kappa shape index (κ1) is 12.9. The molecule has 1 aliphatic rings. The minimum absolute atomic E-state index is 0.341. The predicted molar refractivity (Wildman–Crippen MR) is 63.9 cm³/mol. The van der Waals surface area contributed by atoms with Gasteiger partial charge in [0.1, 0.15) is 0 Å². The quantitative estimate of drug-likeness (QED) is 0.665. The fourth-order valence-electron chi connectivity index (χ4n) is 1.77. The molecule has 0 aromatic carbocycles. The van der Waals surface area contributed by atoms with Crippen molar-refractivity contribution < 1.29 is 4.74 Å². The van der Waals surface area contributed by atoms with Gasteiger partial charge in [0, 0.05) is 32.3 Å². The van der Waals surface area contributed by atoms with E-state index in [0.717, 1.165) is 32.2 Å². The summed E-state index contributed by atoms with van der Waals surface area (Å²) in [6.07, 6.45) is 3.83. The Kier molecular flexibility index (Phi) is 5.58. The Hall–Kier alpha value is -0.120. The summed E-state index contributed by atoms with van der Waals surface area (Å²) in [5.41, 5.74) is 6.06. The van der Waals surface area contributed by atoms with Gasteiger partial charge in [-0.05, 0) is 25.2 Å². The highest BCUT2D eigenvalue weighted by atomic mass is 16.5. The van der Waals surface area contributed by atoms with Gasteiger partial charge in [-0.25, -0.2) is 0 Å². The Morgan fingerprint density at radius 2 is 2.00 bits per heavy atom. The third-order valence-corrected chi connectivity index (χ3v) is 3.25. The van der Waals surface area contributed by atoms with E-state index in [0.29, 0.717) is 12.0 Å². The van der Waals surface area contributed by atoms with Gasteiger partial charge >= 0.3 is 0 Å². The Labute approximate surface area is 94.0 Å². The van der Waals surface area contributed by atoms with E-state index in [-0.39, 0.29) is 0 Å². The lowest BCUT2D eigenvalue weighted by atomic mass is 10.0. The molecule has 0 bridgehead atoms. The van der Waals surface area contributed by atoms with Crippen LogP contribution in [0, 0.1) is 5.92 Å². The number of rotatable bonds is 8. The monoisotopic (exact) mass is 214 g/mol. The molecule has 3 nitrogen and oxygen atoms in total. The molecule has 90 valence electrons. The van der Waals surface area contributed by atoms with E-state index in [1.165, 1.54) is 12.8 Å². The lowest BCUT2D eigenvalue weighted by Gasteiger charge is -2.24. The summed E-state index contributed by atoms with van der Waals surface area (Å²) in [6, 6.07) is 1.16. The molecule has 0 aromatic heterocycles. The van der Waals surface area contributed by atoms with Crippen molar-refractivity contribution >= 4 is 0 Å². The molecule has 2 N–H and O–H groups in total. The number of methoxy groups -OCH3 is 1. The molecule has 0 radical (unpaired) electrons. The van der Waals surface area contributed by atoms with Crippen LogP contribution in [-0.2, 0) is 4.74 Å². The molecule has 0 heterocycles. The van der Waals surface area contributed by atoms with Crippen LogP contribution >= 0.6 is 0 Å². The van der Waals surface area contributed by atoms with Crippen molar-refractivity contribution in [2.45, 2.75) is 45.2 Å². The molecule has 3 heteroatoms. The van der Waals surface area contributed by atoms with Crippen molar-refractivity contribution in [1.82, 2.24) is 4.90 Å². The summed E-state index contributed by atoms with van der Waals surface area (Å²) in [5.74, 6) is 0.591. The normalized spacial score (nSPS) is 18.8. The van der Waals surface area contributed by atoms with Gasteiger partial charge in [-0.15, -0.1) is 0 Å². The highest BCUT2D eigenvalue weighted by Gasteiger charge is 2.28. The first-order valence-corrected chi connectivity index (χ1v) is 6.13. The molecular formula is C12H26N2O. The first-order chi connectivity index (χ1) is 7.15. The topological polar surface area (TPSA) is 38.5 Å². The van der Waals surface area contributed by atoms with Crippen LogP contribution in [0.5, 0.6) is 0 Å². The van der Waals surface area contributed by atoms with Crippen molar-refractivity contribution in [2.75, 3.05) is 26.8 Å². The molecule has 0 amide bonds. The van der Waals surface area contributed by atoms with Gasteiger partial charge in [-0.2, -0.15) is 0 Å². The molecule has 1 aliphatic carbocycles. The zero-order valence-electron chi connectivity index (χ0n) is 10.4. The molecule has 0 spiro atoms. The van der Waals surface area contributed by atoms with Crippen LogP contribution in [0.25, 0.3) is 0 Å². The van der Waals surface area contributed by atoms with Crippen LogP contribution in [0.3, 0.4) is 0 Å². The molecule has 15 heavy (non-hydrogen) atoms. The maximum atomic E-state index is 6.06. The summed E-state index contributed by atoms with van der Waals surface area (Å²) in [5, 5.41) is 0. The highest BCUT2D eigenvalue weighted by Crippen LogP contribution is 2.26. The fourth-order valence-corrected chi connectivity index (χ4v) is 1.77. The largest absolute Gasteiger partial charge is 0.383 e. The van der Waals surface area contributed by atoms with Crippen molar-refractivity contribution in [3.8, 4) is 0 Å². The summed E-state index contributed by atoms with van der Waals surface area (Å²) >= 11 is 0. The van der Waals surface area contributed by atoms with Crippen molar-refractivity contribution in [1.29, 1.82) is 0 Å². The van der Waals surface area contributed by atoms with E-state index in [4.69, 9.17) is 10.5 Å². The SMILES string of the molecule is COCCN(CCC(N)C(C)C)C1CC1. The Morgan fingerprint density at radius 1 is 1.33 bits per heavy atom. The molecule has 1 unspecified atom stereocenters. The van der Waals surface area contributed by atoms with Crippen LogP contribution in [0.1, 0.15) is 33.1 Å². The van der Waals surface area contributed by atoms with Crippen molar-refractivity contribution in [2.24, 2.45) is 11.7 Å².